The number of alkyl halides is 3. The van der Waals surface area contributed by atoms with Crippen molar-refractivity contribution in [1.82, 2.24) is 9.88 Å². The number of sulfonamides is 1. The molecule has 0 radical (unpaired) electrons. The maximum absolute atomic E-state index is 13.0. The Labute approximate surface area is 222 Å². The molecule has 0 unspecified atom stereocenters. The van der Waals surface area contributed by atoms with Crippen LogP contribution >= 0.6 is 0 Å². The fraction of sp³-hybridized carbons (Fsp3) is 0.185. The summed E-state index contributed by atoms with van der Waals surface area (Å²) in [5.74, 6) is -0.552. The van der Waals surface area contributed by atoms with Crippen LogP contribution in [-0.4, -0.2) is 56.8 Å². The normalized spacial score (nSPS) is 14.3. The molecule has 3 aromatic carbocycles. The van der Waals surface area contributed by atoms with E-state index in [0.717, 1.165) is 0 Å². The molecule has 12 heteroatoms. The lowest BCUT2D eigenvalue weighted by atomic mass is 10.1. The largest absolute Gasteiger partial charge is 0.573 e. The van der Waals surface area contributed by atoms with Crippen molar-refractivity contribution in [3.63, 3.8) is 0 Å². The lowest BCUT2D eigenvalue weighted by Gasteiger charge is -2.36. The maximum Gasteiger partial charge on any atom is 0.573 e. The van der Waals surface area contributed by atoms with Gasteiger partial charge in [-0.15, -0.1) is 13.2 Å². The van der Waals surface area contributed by atoms with Gasteiger partial charge in [0.05, 0.1) is 11.2 Å². The summed E-state index contributed by atoms with van der Waals surface area (Å²) in [5.41, 5.74) is 1.30. The first kappa shape index (κ1) is 26.3. The number of amides is 1. The number of ether oxygens (including phenoxy) is 1. The molecule has 4 aromatic rings. The fourth-order valence-corrected chi connectivity index (χ4v) is 5.69. The highest BCUT2D eigenvalue weighted by Crippen LogP contribution is 2.33. The van der Waals surface area contributed by atoms with E-state index in [-0.39, 0.29) is 22.2 Å². The average Bonchev–Trinajstić information content (AvgIpc) is 2.92. The molecule has 1 aliphatic rings. The number of carbonyl (C=O) groups is 1. The average molecular weight is 557 g/mol. The lowest BCUT2D eigenvalue weighted by molar-refractivity contribution is -0.274. The van der Waals surface area contributed by atoms with Crippen LogP contribution < -0.4 is 14.4 Å². The van der Waals surface area contributed by atoms with Crippen LogP contribution in [0.3, 0.4) is 0 Å². The van der Waals surface area contributed by atoms with E-state index >= 15 is 0 Å². The second-order valence-electron chi connectivity index (χ2n) is 8.81. The van der Waals surface area contributed by atoms with E-state index < -0.39 is 16.4 Å². The minimum atomic E-state index is -4.81. The monoisotopic (exact) mass is 556 g/mol. The molecule has 2 heterocycles. The number of fused-ring (bicyclic) bond motifs is 1. The number of anilines is 2. The Morgan fingerprint density at radius 1 is 0.872 bits per heavy atom. The Kier molecular flexibility index (Phi) is 7.04. The number of hydrogen-bond donors (Lipinski definition) is 1. The minimum absolute atomic E-state index is 0.0424. The van der Waals surface area contributed by atoms with Gasteiger partial charge in [0.1, 0.15) is 4.90 Å². The van der Waals surface area contributed by atoms with E-state index in [1.165, 1.54) is 48.7 Å². The molecular weight excluding hydrogens is 533 g/mol. The molecule has 0 bridgehead atoms. The topological polar surface area (TPSA) is 91.8 Å². The second kappa shape index (κ2) is 10.4. The number of para-hydroxylation sites is 3. The van der Waals surface area contributed by atoms with Gasteiger partial charge in [0, 0.05) is 49.0 Å². The number of piperazine rings is 1. The first-order chi connectivity index (χ1) is 18.6. The Bertz CT molecular complexity index is 1600. The molecule has 8 nitrogen and oxygen atoms in total. The highest BCUT2D eigenvalue weighted by molar-refractivity contribution is 7.93. The van der Waals surface area contributed by atoms with Gasteiger partial charge in [0.25, 0.3) is 15.9 Å². The first-order valence-corrected chi connectivity index (χ1v) is 13.4. The molecule has 0 saturated carbocycles. The van der Waals surface area contributed by atoms with Crippen LogP contribution in [0.2, 0.25) is 0 Å². The Morgan fingerprint density at radius 2 is 1.56 bits per heavy atom. The van der Waals surface area contributed by atoms with Gasteiger partial charge < -0.3 is 14.5 Å². The Morgan fingerprint density at radius 3 is 2.28 bits per heavy atom. The highest BCUT2D eigenvalue weighted by Gasteiger charge is 2.33. The standard InChI is InChI=1S/C27H23F3N4O4S/c28-27(29,30)38-23-8-2-1-7-22(23)33-15-17-34(18-16-33)26(35)20-10-12-21(13-11-20)32-39(36,37)24-9-3-5-19-6-4-14-31-25(19)24/h1-14,32H,15-18H2. The van der Waals surface area contributed by atoms with E-state index in [2.05, 4.69) is 14.4 Å². The molecule has 1 aromatic heterocycles. The number of nitrogens with zero attached hydrogens (tertiary/aromatic N) is 3. The van der Waals surface area contributed by atoms with Gasteiger partial charge in [-0.3, -0.25) is 14.5 Å². The van der Waals surface area contributed by atoms with E-state index in [9.17, 15) is 26.4 Å². The van der Waals surface area contributed by atoms with Crippen LogP contribution in [0.1, 0.15) is 10.4 Å². The van der Waals surface area contributed by atoms with Crippen molar-refractivity contribution in [2.75, 3.05) is 35.8 Å². The zero-order valence-electron chi connectivity index (χ0n) is 20.4. The van der Waals surface area contributed by atoms with Gasteiger partial charge in [0.2, 0.25) is 0 Å². The molecule has 1 N–H and O–H groups in total. The molecule has 5 rings (SSSR count). The van der Waals surface area contributed by atoms with Gasteiger partial charge in [-0.1, -0.05) is 30.3 Å². The predicted molar refractivity (Wildman–Crippen MR) is 140 cm³/mol. The number of rotatable bonds is 6. The van der Waals surface area contributed by atoms with Crippen LogP contribution in [0.4, 0.5) is 24.5 Å². The summed E-state index contributed by atoms with van der Waals surface area (Å²) in [6.07, 6.45) is -3.28. The number of carbonyl (C=O) groups excluding carboxylic acids is 1. The summed E-state index contributed by atoms with van der Waals surface area (Å²) in [6, 6.07) is 20.4. The number of nitrogens with one attached hydrogen (secondary N) is 1. The quantitative estimate of drug-likeness (QED) is 0.364. The van der Waals surface area contributed by atoms with Crippen molar-refractivity contribution < 1.29 is 31.1 Å². The third-order valence-electron chi connectivity index (χ3n) is 6.27. The number of benzene rings is 3. The molecule has 1 fully saturated rings. The van der Waals surface area contributed by atoms with E-state index in [0.29, 0.717) is 48.3 Å². The number of pyridine rings is 1. The lowest BCUT2D eigenvalue weighted by Crippen LogP contribution is -2.49. The molecule has 0 aliphatic carbocycles. The van der Waals surface area contributed by atoms with E-state index in [1.807, 2.05) is 0 Å². The van der Waals surface area contributed by atoms with Crippen LogP contribution in [-0.2, 0) is 10.0 Å². The molecule has 1 aliphatic heterocycles. The highest BCUT2D eigenvalue weighted by atomic mass is 32.2. The molecular formula is C27H23F3N4O4S. The van der Waals surface area contributed by atoms with Gasteiger partial charge in [-0.05, 0) is 48.5 Å². The van der Waals surface area contributed by atoms with Crippen molar-refractivity contribution in [1.29, 1.82) is 0 Å². The van der Waals surface area contributed by atoms with Crippen molar-refractivity contribution in [3.05, 3.63) is 90.6 Å². The Hall–Kier alpha value is -4.32. The summed E-state index contributed by atoms with van der Waals surface area (Å²) in [7, 11) is -3.94. The SMILES string of the molecule is O=C(c1ccc(NS(=O)(=O)c2cccc3cccnc23)cc1)N1CCN(c2ccccc2OC(F)(F)F)CC1. The van der Waals surface area contributed by atoms with Gasteiger partial charge in [-0.25, -0.2) is 8.42 Å². The summed E-state index contributed by atoms with van der Waals surface area (Å²) < 4.78 is 71.1. The van der Waals surface area contributed by atoms with Crippen molar-refractivity contribution >= 4 is 38.2 Å². The van der Waals surface area contributed by atoms with Gasteiger partial charge >= 0.3 is 6.36 Å². The third kappa shape index (κ3) is 5.90. The Balaban J connectivity index is 1.24. The first-order valence-electron chi connectivity index (χ1n) is 12.0. The summed E-state index contributed by atoms with van der Waals surface area (Å²) in [5, 5.41) is 0.692. The molecule has 0 spiro atoms. The number of halogens is 3. The second-order valence-corrected chi connectivity index (χ2v) is 10.5. The molecule has 1 amide bonds. The zero-order chi connectivity index (χ0) is 27.6. The molecule has 202 valence electrons. The molecule has 1 saturated heterocycles. The zero-order valence-corrected chi connectivity index (χ0v) is 21.2. The van der Waals surface area contributed by atoms with E-state index in [4.69, 9.17) is 0 Å². The van der Waals surface area contributed by atoms with Crippen molar-refractivity contribution in [3.8, 4) is 5.75 Å². The van der Waals surface area contributed by atoms with Crippen LogP contribution in [0, 0.1) is 0 Å². The maximum atomic E-state index is 13.0. The van der Waals surface area contributed by atoms with Gasteiger partial charge in [-0.2, -0.15) is 0 Å². The van der Waals surface area contributed by atoms with Crippen molar-refractivity contribution in [2.24, 2.45) is 0 Å². The third-order valence-corrected chi connectivity index (χ3v) is 7.68. The van der Waals surface area contributed by atoms with Crippen LogP contribution in [0.15, 0.2) is 90.0 Å². The smallest absolute Gasteiger partial charge is 0.404 e. The molecule has 0 atom stereocenters. The van der Waals surface area contributed by atoms with Crippen LogP contribution in [0.25, 0.3) is 10.9 Å². The van der Waals surface area contributed by atoms with Crippen molar-refractivity contribution in [2.45, 2.75) is 11.3 Å². The van der Waals surface area contributed by atoms with Crippen LogP contribution in [0.5, 0.6) is 5.75 Å². The fourth-order valence-electron chi connectivity index (χ4n) is 4.45. The summed E-state index contributed by atoms with van der Waals surface area (Å²) in [6.45, 7) is 1.23. The number of hydrogen-bond acceptors (Lipinski definition) is 6. The van der Waals surface area contributed by atoms with Gasteiger partial charge in [0.15, 0.2) is 5.75 Å². The predicted octanol–water partition coefficient (Wildman–Crippen LogP) is 4.90. The number of aromatic nitrogens is 1. The molecule has 39 heavy (non-hydrogen) atoms. The minimum Gasteiger partial charge on any atom is -0.404 e. The summed E-state index contributed by atoms with van der Waals surface area (Å²) >= 11 is 0. The summed E-state index contributed by atoms with van der Waals surface area (Å²) in [4.78, 5) is 20.6. The van der Waals surface area contributed by atoms with E-state index in [1.54, 1.807) is 46.2 Å².